The summed E-state index contributed by atoms with van der Waals surface area (Å²) in [5.74, 6) is 0.661. The second-order valence-electron chi connectivity index (χ2n) is 6.03. The summed E-state index contributed by atoms with van der Waals surface area (Å²) in [4.78, 5) is 14.9. The topological polar surface area (TPSA) is 55.6 Å². The minimum atomic E-state index is -0.644. The zero-order chi connectivity index (χ0) is 16.9. The number of nitrogens with zero attached hydrogens (tertiary/aromatic N) is 1. The summed E-state index contributed by atoms with van der Waals surface area (Å²) in [5.41, 5.74) is 6.81. The summed E-state index contributed by atoms with van der Waals surface area (Å²) in [7, 11) is 0. The monoisotopic (exact) mass is 388 g/mol. The van der Waals surface area contributed by atoms with Gasteiger partial charge in [0.1, 0.15) is 5.75 Å². The van der Waals surface area contributed by atoms with Crippen LogP contribution in [0.4, 0.5) is 0 Å². The normalized spacial score (nSPS) is 16.7. The molecule has 2 aromatic carbocycles. The Balaban J connectivity index is 1.83. The number of halogens is 1. The molecule has 1 saturated heterocycles. The van der Waals surface area contributed by atoms with Gasteiger partial charge in [-0.15, -0.1) is 0 Å². The van der Waals surface area contributed by atoms with Gasteiger partial charge in [0.15, 0.2) is 0 Å². The second-order valence-corrected chi connectivity index (χ2v) is 6.94. The van der Waals surface area contributed by atoms with Gasteiger partial charge >= 0.3 is 0 Å². The Kier molecular flexibility index (Phi) is 5.53. The molecule has 1 amide bonds. The third kappa shape index (κ3) is 4.16. The number of piperidine rings is 1. The summed E-state index contributed by atoms with van der Waals surface area (Å²) >= 11 is 3.44. The van der Waals surface area contributed by atoms with Gasteiger partial charge in [-0.05, 0) is 31.0 Å². The fraction of sp³-hybridized carbons (Fsp3) is 0.316. The van der Waals surface area contributed by atoms with Gasteiger partial charge in [-0.3, -0.25) is 4.79 Å². The van der Waals surface area contributed by atoms with Gasteiger partial charge in [0.2, 0.25) is 6.10 Å². The molecular weight excluding hydrogens is 368 g/mol. The molecule has 2 aromatic rings. The molecule has 0 spiro atoms. The molecule has 1 aliphatic heterocycles. The van der Waals surface area contributed by atoms with E-state index in [1.807, 2.05) is 59.5 Å². The SMILES string of the molecule is NC1CCN(C(=O)C(Oc2cccc(Br)c2)c2ccccc2)CC1. The van der Waals surface area contributed by atoms with E-state index in [1.165, 1.54) is 0 Å². The van der Waals surface area contributed by atoms with Gasteiger partial charge < -0.3 is 15.4 Å². The Labute approximate surface area is 150 Å². The molecule has 0 aliphatic carbocycles. The van der Waals surface area contributed by atoms with Crippen molar-refractivity contribution >= 4 is 21.8 Å². The molecule has 1 fully saturated rings. The number of amides is 1. The zero-order valence-corrected chi connectivity index (χ0v) is 15.0. The zero-order valence-electron chi connectivity index (χ0n) is 13.4. The lowest BCUT2D eigenvalue weighted by Crippen LogP contribution is -2.45. The molecule has 0 saturated carbocycles. The lowest BCUT2D eigenvalue weighted by Gasteiger charge is -2.33. The van der Waals surface area contributed by atoms with E-state index in [1.54, 1.807) is 0 Å². The average molecular weight is 389 g/mol. The number of likely N-dealkylation sites (tertiary alicyclic amines) is 1. The predicted octanol–water partition coefficient (Wildman–Crippen LogP) is 3.52. The van der Waals surface area contributed by atoms with Gasteiger partial charge in [-0.25, -0.2) is 0 Å². The number of hydrogen-bond donors (Lipinski definition) is 1. The first-order valence-corrected chi connectivity index (χ1v) is 8.94. The van der Waals surface area contributed by atoms with Crippen LogP contribution in [0.5, 0.6) is 5.75 Å². The van der Waals surface area contributed by atoms with Crippen molar-refractivity contribution in [3.05, 3.63) is 64.6 Å². The minimum Gasteiger partial charge on any atom is -0.476 e. The highest BCUT2D eigenvalue weighted by molar-refractivity contribution is 9.10. The summed E-state index contributed by atoms with van der Waals surface area (Å²) < 4.78 is 6.99. The standard InChI is InChI=1S/C19H21BrN2O2/c20-15-7-4-8-17(13-15)24-18(14-5-2-1-3-6-14)19(23)22-11-9-16(21)10-12-22/h1-8,13,16,18H,9-12,21H2. The van der Waals surface area contributed by atoms with Crippen LogP contribution in [0.25, 0.3) is 0 Å². The van der Waals surface area contributed by atoms with E-state index in [9.17, 15) is 4.79 Å². The molecule has 1 unspecified atom stereocenters. The van der Waals surface area contributed by atoms with Gasteiger partial charge in [0, 0.05) is 29.2 Å². The molecule has 5 heteroatoms. The van der Waals surface area contributed by atoms with Crippen LogP contribution in [-0.4, -0.2) is 29.9 Å². The fourth-order valence-electron chi connectivity index (χ4n) is 2.85. The van der Waals surface area contributed by atoms with Crippen LogP contribution in [0.15, 0.2) is 59.1 Å². The van der Waals surface area contributed by atoms with Crippen LogP contribution in [0.3, 0.4) is 0 Å². The van der Waals surface area contributed by atoms with Crippen LogP contribution in [0.1, 0.15) is 24.5 Å². The highest BCUT2D eigenvalue weighted by Crippen LogP contribution is 2.27. The maximum atomic E-state index is 13.0. The third-order valence-corrected chi connectivity index (χ3v) is 4.72. The molecule has 1 heterocycles. The lowest BCUT2D eigenvalue weighted by atomic mass is 10.0. The van der Waals surface area contributed by atoms with Crippen molar-refractivity contribution in [3.63, 3.8) is 0 Å². The number of rotatable bonds is 4. The van der Waals surface area contributed by atoms with Crippen molar-refractivity contribution in [1.29, 1.82) is 0 Å². The number of ether oxygens (including phenoxy) is 1. The maximum absolute atomic E-state index is 13.0. The molecule has 0 aromatic heterocycles. The Morgan fingerprint density at radius 2 is 1.83 bits per heavy atom. The maximum Gasteiger partial charge on any atom is 0.268 e. The summed E-state index contributed by atoms with van der Waals surface area (Å²) in [5, 5.41) is 0. The summed E-state index contributed by atoms with van der Waals surface area (Å²) in [6, 6.07) is 17.4. The first-order valence-electron chi connectivity index (χ1n) is 8.15. The van der Waals surface area contributed by atoms with Gasteiger partial charge in [0.25, 0.3) is 5.91 Å². The molecule has 2 N–H and O–H groups in total. The van der Waals surface area contributed by atoms with E-state index >= 15 is 0 Å². The Morgan fingerprint density at radius 3 is 2.50 bits per heavy atom. The smallest absolute Gasteiger partial charge is 0.268 e. The van der Waals surface area contributed by atoms with E-state index in [0.29, 0.717) is 18.8 Å². The van der Waals surface area contributed by atoms with Gasteiger partial charge in [0.05, 0.1) is 0 Å². The Morgan fingerprint density at radius 1 is 1.12 bits per heavy atom. The first-order chi connectivity index (χ1) is 11.6. The van der Waals surface area contributed by atoms with Crippen LogP contribution < -0.4 is 10.5 Å². The minimum absolute atomic E-state index is 0.00641. The highest BCUT2D eigenvalue weighted by atomic mass is 79.9. The van der Waals surface area contributed by atoms with Crippen LogP contribution in [0, 0.1) is 0 Å². The lowest BCUT2D eigenvalue weighted by molar-refractivity contribution is -0.140. The molecule has 4 nitrogen and oxygen atoms in total. The fourth-order valence-corrected chi connectivity index (χ4v) is 3.23. The summed E-state index contributed by atoms with van der Waals surface area (Å²) in [6.45, 7) is 1.37. The molecular formula is C19H21BrN2O2. The van der Waals surface area contributed by atoms with Crippen molar-refractivity contribution in [2.45, 2.75) is 25.0 Å². The number of nitrogens with two attached hydrogens (primary N) is 1. The third-order valence-electron chi connectivity index (χ3n) is 4.23. The number of hydrogen-bond acceptors (Lipinski definition) is 3. The molecule has 0 bridgehead atoms. The van der Waals surface area contributed by atoms with Crippen molar-refractivity contribution in [1.82, 2.24) is 4.90 Å². The van der Waals surface area contributed by atoms with E-state index < -0.39 is 6.10 Å². The number of carbonyl (C=O) groups is 1. The molecule has 24 heavy (non-hydrogen) atoms. The van der Waals surface area contributed by atoms with Gasteiger partial charge in [-0.1, -0.05) is 52.3 Å². The van der Waals surface area contributed by atoms with E-state index in [-0.39, 0.29) is 11.9 Å². The predicted molar refractivity (Wildman–Crippen MR) is 97.7 cm³/mol. The van der Waals surface area contributed by atoms with Crippen molar-refractivity contribution in [3.8, 4) is 5.75 Å². The van der Waals surface area contributed by atoms with Crippen molar-refractivity contribution < 1.29 is 9.53 Å². The molecule has 1 aliphatic rings. The number of benzene rings is 2. The van der Waals surface area contributed by atoms with Crippen LogP contribution in [-0.2, 0) is 4.79 Å². The Hall–Kier alpha value is -1.85. The van der Waals surface area contributed by atoms with Crippen molar-refractivity contribution in [2.75, 3.05) is 13.1 Å². The highest BCUT2D eigenvalue weighted by Gasteiger charge is 2.30. The van der Waals surface area contributed by atoms with Gasteiger partial charge in [-0.2, -0.15) is 0 Å². The summed E-state index contributed by atoms with van der Waals surface area (Å²) in [6.07, 6.45) is 1.03. The number of carbonyl (C=O) groups excluding carboxylic acids is 1. The molecule has 3 rings (SSSR count). The average Bonchev–Trinajstić information content (AvgIpc) is 2.61. The van der Waals surface area contributed by atoms with Crippen LogP contribution >= 0.6 is 15.9 Å². The van der Waals surface area contributed by atoms with E-state index in [2.05, 4.69) is 15.9 Å². The van der Waals surface area contributed by atoms with Crippen molar-refractivity contribution in [2.24, 2.45) is 5.73 Å². The molecule has 1 atom stereocenters. The van der Waals surface area contributed by atoms with Crippen LogP contribution in [0.2, 0.25) is 0 Å². The second kappa shape index (κ2) is 7.81. The van der Waals surface area contributed by atoms with E-state index in [4.69, 9.17) is 10.5 Å². The quantitative estimate of drug-likeness (QED) is 0.871. The van der Waals surface area contributed by atoms with E-state index in [0.717, 1.165) is 22.9 Å². The Bertz CT molecular complexity index is 685. The first kappa shape index (κ1) is 17.0. The molecule has 0 radical (unpaired) electrons. The largest absolute Gasteiger partial charge is 0.476 e. The molecule has 126 valence electrons.